The minimum absolute atomic E-state index is 0.0627. The predicted molar refractivity (Wildman–Crippen MR) is 87.4 cm³/mol. The van der Waals surface area contributed by atoms with Crippen molar-refractivity contribution in [1.82, 2.24) is 19.8 Å². The van der Waals surface area contributed by atoms with Crippen molar-refractivity contribution in [3.63, 3.8) is 0 Å². The van der Waals surface area contributed by atoms with Crippen LogP contribution in [-0.2, 0) is 9.53 Å². The maximum absolute atomic E-state index is 12.7. The molecule has 1 aromatic heterocycles. The summed E-state index contributed by atoms with van der Waals surface area (Å²) in [5, 5.41) is 0. The standard InChI is InChI=1S/C17H24N4O3/c1-13-8-19-15(9-18-13)16(23)21-5-3-4-17(11-21)10-20(14(2)22)6-7-24-12-17/h8-9H,3-7,10-12H2,1-2H3. The van der Waals surface area contributed by atoms with Crippen molar-refractivity contribution in [2.45, 2.75) is 26.7 Å². The molecule has 0 aliphatic carbocycles. The van der Waals surface area contributed by atoms with Crippen LogP contribution in [0.15, 0.2) is 12.4 Å². The van der Waals surface area contributed by atoms with Crippen LogP contribution < -0.4 is 0 Å². The fourth-order valence-electron chi connectivity index (χ4n) is 3.55. The molecule has 3 rings (SSSR count). The molecule has 2 amide bonds. The molecule has 0 bridgehead atoms. The molecule has 3 heterocycles. The molecule has 1 unspecified atom stereocenters. The number of aromatic nitrogens is 2. The number of amides is 2. The number of hydrogen-bond acceptors (Lipinski definition) is 5. The third kappa shape index (κ3) is 3.56. The summed E-state index contributed by atoms with van der Waals surface area (Å²) >= 11 is 0. The molecule has 1 spiro atoms. The average molecular weight is 332 g/mol. The molecule has 2 aliphatic heterocycles. The van der Waals surface area contributed by atoms with Crippen molar-refractivity contribution in [2.75, 3.05) is 39.4 Å². The number of ether oxygens (including phenoxy) is 1. The smallest absolute Gasteiger partial charge is 0.274 e. The number of aryl methyl sites for hydroxylation is 1. The number of nitrogens with zero attached hydrogens (tertiary/aromatic N) is 4. The van der Waals surface area contributed by atoms with E-state index in [1.807, 2.05) is 16.7 Å². The second-order valence-electron chi connectivity index (χ2n) is 6.87. The van der Waals surface area contributed by atoms with Crippen molar-refractivity contribution >= 4 is 11.8 Å². The van der Waals surface area contributed by atoms with E-state index in [-0.39, 0.29) is 17.2 Å². The Morgan fingerprint density at radius 1 is 1.17 bits per heavy atom. The highest BCUT2D eigenvalue weighted by molar-refractivity contribution is 5.92. The lowest BCUT2D eigenvalue weighted by Gasteiger charge is -2.43. The van der Waals surface area contributed by atoms with Gasteiger partial charge < -0.3 is 14.5 Å². The highest BCUT2D eigenvalue weighted by Crippen LogP contribution is 2.33. The molecule has 0 radical (unpaired) electrons. The largest absolute Gasteiger partial charge is 0.379 e. The van der Waals surface area contributed by atoms with Crippen LogP contribution in [0.2, 0.25) is 0 Å². The van der Waals surface area contributed by atoms with Gasteiger partial charge in [0.1, 0.15) is 5.69 Å². The Morgan fingerprint density at radius 2 is 1.96 bits per heavy atom. The Labute approximate surface area is 142 Å². The zero-order valence-corrected chi connectivity index (χ0v) is 14.3. The Hall–Kier alpha value is -2.02. The van der Waals surface area contributed by atoms with Crippen molar-refractivity contribution in [2.24, 2.45) is 5.41 Å². The second kappa shape index (κ2) is 6.84. The SMILES string of the molecule is CC(=O)N1CCOCC2(CCCN(C(=O)c3cnc(C)cn3)C2)C1. The molecule has 7 nitrogen and oxygen atoms in total. The number of carbonyl (C=O) groups is 2. The van der Waals surface area contributed by atoms with Crippen LogP contribution in [0.1, 0.15) is 35.9 Å². The van der Waals surface area contributed by atoms with Gasteiger partial charge in [-0.1, -0.05) is 0 Å². The van der Waals surface area contributed by atoms with E-state index in [4.69, 9.17) is 4.74 Å². The summed E-state index contributed by atoms with van der Waals surface area (Å²) in [7, 11) is 0. The fraction of sp³-hybridized carbons (Fsp3) is 0.647. The van der Waals surface area contributed by atoms with E-state index in [0.717, 1.165) is 18.5 Å². The van der Waals surface area contributed by atoms with E-state index in [0.29, 0.717) is 45.1 Å². The predicted octanol–water partition coefficient (Wildman–Crippen LogP) is 0.886. The summed E-state index contributed by atoms with van der Waals surface area (Å²) in [6.45, 7) is 7.13. The van der Waals surface area contributed by atoms with Gasteiger partial charge >= 0.3 is 0 Å². The molecule has 2 aliphatic rings. The van der Waals surface area contributed by atoms with E-state index in [1.54, 1.807) is 13.1 Å². The van der Waals surface area contributed by atoms with Gasteiger partial charge in [-0.05, 0) is 19.8 Å². The van der Waals surface area contributed by atoms with Gasteiger partial charge in [0.05, 0.1) is 25.1 Å². The molecular weight excluding hydrogens is 308 g/mol. The molecule has 7 heteroatoms. The highest BCUT2D eigenvalue weighted by Gasteiger charge is 2.41. The number of carbonyl (C=O) groups excluding carboxylic acids is 2. The summed E-state index contributed by atoms with van der Waals surface area (Å²) in [5.41, 5.74) is 0.973. The first-order valence-corrected chi connectivity index (χ1v) is 8.40. The van der Waals surface area contributed by atoms with Gasteiger partial charge in [-0.3, -0.25) is 14.6 Å². The summed E-state index contributed by atoms with van der Waals surface area (Å²) < 4.78 is 5.76. The Kier molecular flexibility index (Phi) is 4.80. The number of hydrogen-bond donors (Lipinski definition) is 0. The molecule has 0 saturated carbocycles. The first-order valence-electron chi connectivity index (χ1n) is 8.40. The molecule has 2 saturated heterocycles. The number of likely N-dealkylation sites (tertiary alicyclic amines) is 1. The van der Waals surface area contributed by atoms with Crippen LogP contribution in [0.25, 0.3) is 0 Å². The third-order valence-corrected chi connectivity index (χ3v) is 4.83. The molecule has 24 heavy (non-hydrogen) atoms. The lowest BCUT2D eigenvalue weighted by atomic mass is 9.80. The van der Waals surface area contributed by atoms with Crippen LogP contribution in [0.5, 0.6) is 0 Å². The average Bonchev–Trinajstić information content (AvgIpc) is 2.78. The van der Waals surface area contributed by atoms with Crippen molar-refractivity contribution < 1.29 is 14.3 Å². The highest BCUT2D eigenvalue weighted by atomic mass is 16.5. The van der Waals surface area contributed by atoms with Gasteiger partial charge in [0.2, 0.25) is 5.91 Å². The molecule has 1 aromatic rings. The maximum Gasteiger partial charge on any atom is 0.274 e. The van der Waals surface area contributed by atoms with E-state index in [2.05, 4.69) is 9.97 Å². The van der Waals surface area contributed by atoms with Gasteiger partial charge in [0, 0.05) is 44.7 Å². The van der Waals surface area contributed by atoms with Gasteiger partial charge in [0.25, 0.3) is 5.91 Å². The quantitative estimate of drug-likeness (QED) is 0.763. The molecule has 2 fully saturated rings. The number of piperidine rings is 1. The minimum atomic E-state index is -0.186. The Bertz CT molecular complexity index is 619. The lowest BCUT2D eigenvalue weighted by molar-refractivity contribution is -0.130. The Morgan fingerprint density at radius 3 is 2.67 bits per heavy atom. The molecular formula is C17H24N4O3. The van der Waals surface area contributed by atoms with Crippen LogP contribution in [0, 0.1) is 12.3 Å². The summed E-state index contributed by atoms with van der Waals surface area (Å²) in [5.74, 6) is -0.0343. The molecule has 0 aromatic carbocycles. The van der Waals surface area contributed by atoms with Crippen LogP contribution in [0.3, 0.4) is 0 Å². The van der Waals surface area contributed by atoms with Gasteiger partial charge in [-0.2, -0.15) is 0 Å². The Balaban J connectivity index is 1.76. The lowest BCUT2D eigenvalue weighted by Crippen LogP contribution is -2.52. The van der Waals surface area contributed by atoms with E-state index >= 15 is 0 Å². The van der Waals surface area contributed by atoms with Gasteiger partial charge in [-0.15, -0.1) is 0 Å². The third-order valence-electron chi connectivity index (χ3n) is 4.83. The minimum Gasteiger partial charge on any atom is -0.379 e. The molecule has 1 atom stereocenters. The van der Waals surface area contributed by atoms with Gasteiger partial charge in [-0.25, -0.2) is 4.98 Å². The van der Waals surface area contributed by atoms with Crippen LogP contribution in [-0.4, -0.2) is 71.0 Å². The van der Waals surface area contributed by atoms with E-state index in [9.17, 15) is 9.59 Å². The fourth-order valence-corrected chi connectivity index (χ4v) is 3.55. The summed E-state index contributed by atoms with van der Waals surface area (Å²) in [6, 6.07) is 0. The van der Waals surface area contributed by atoms with Crippen molar-refractivity contribution in [1.29, 1.82) is 0 Å². The summed E-state index contributed by atoms with van der Waals surface area (Å²) in [4.78, 5) is 36.6. The van der Waals surface area contributed by atoms with Crippen molar-refractivity contribution in [3.05, 3.63) is 23.8 Å². The molecule has 130 valence electrons. The van der Waals surface area contributed by atoms with Crippen LogP contribution in [0.4, 0.5) is 0 Å². The summed E-state index contributed by atoms with van der Waals surface area (Å²) in [6.07, 6.45) is 5.00. The monoisotopic (exact) mass is 332 g/mol. The maximum atomic E-state index is 12.7. The zero-order chi connectivity index (χ0) is 17.2. The van der Waals surface area contributed by atoms with Crippen LogP contribution >= 0.6 is 0 Å². The number of rotatable bonds is 1. The first kappa shape index (κ1) is 16.8. The second-order valence-corrected chi connectivity index (χ2v) is 6.87. The normalized spacial score (nSPS) is 24.8. The topological polar surface area (TPSA) is 75.6 Å². The zero-order valence-electron chi connectivity index (χ0n) is 14.3. The molecule has 0 N–H and O–H groups in total. The van der Waals surface area contributed by atoms with Gasteiger partial charge in [0.15, 0.2) is 0 Å². The van der Waals surface area contributed by atoms with E-state index in [1.165, 1.54) is 6.20 Å². The van der Waals surface area contributed by atoms with E-state index < -0.39 is 0 Å². The first-order chi connectivity index (χ1) is 11.5. The van der Waals surface area contributed by atoms with Crippen molar-refractivity contribution in [3.8, 4) is 0 Å².